The summed E-state index contributed by atoms with van der Waals surface area (Å²) in [5.74, 6) is -2.19. The van der Waals surface area contributed by atoms with E-state index in [0.29, 0.717) is 38.5 Å². The van der Waals surface area contributed by atoms with Crippen LogP contribution in [0.5, 0.6) is 0 Å². The lowest BCUT2D eigenvalue weighted by molar-refractivity contribution is -0.321. The van der Waals surface area contributed by atoms with E-state index in [1.54, 1.807) is 0 Å². The molecule has 0 aromatic heterocycles. The summed E-state index contributed by atoms with van der Waals surface area (Å²) in [5.41, 5.74) is -1.68. The minimum atomic E-state index is -1.86. The number of fused-ring (bicyclic) bond motifs is 7. The van der Waals surface area contributed by atoms with Crippen molar-refractivity contribution in [1.82, 2.24) is 0 Å². The van der Waals surface area contributed by atoms with E-state index in [-0.39, 0.29) is 39.4 Å². The number of carbonyl (C=O) groups is 3. The number of aliphatic carboxylic acids is 1. The molecule has 6 fully saturated rings. The third kappa shape index (κ3) is 6.31. The molecule has 2 heterocycles. The lowest BCUT2D eigenvalue weighted by atomic mass is 9.33. The SMILES string of the molecule is CC1(C)CC[C@]2(C(=O)O[C@@H]3O[C@H](CO)[C@@H](O)[C@H](O)[C@H]3O)CC[C@]3(C)C(=CC[C@@H]4[C@@]5(C)CC[C@H](O[C@@H]6O[C@H](C(=O)O)[C@@H](O)[C@H](O)[C@H]6O)[C@@](C)(C=O)[C@H]5CC[C@]43C)[C@@H]2C1. The molecule has 0 radical (unpaired) electrons. The highest BCUT2D eigenvalue weighted by atomic mass is 16.7. The van der Waals surface area contributed by atoms with Gasteiger partial charge < -0.3 is 64.6 Å². The largest absolute Gasteiger partial charge is 0.479 e. The molecule has 322 valence electrons. The van der Waals surface area contributed by atoms with Crippen LogP contribution >= 0.6 is 0 Å². The fourth-order valence-corrected chi connectivity index (χ4v) is 13.4. The first kappa shape index (κ1) is 43.1. The maximum absolute atomic E-state index is 14.6. The van der Waals surface area contributed by atoms with Gasteiger partial charge >= 0.3 is 11.9 Å². The second-order valence-corrected chi connectivity index (χ2v) is 20.4. The van der Waals surface area contributed by atoms with Gasteiger partial charge in [-0.25, -0.2) is 4.79 Å². The van der Waals surface area contributed by atoms with Gasteiger partial charge in [-0.1, -0.05) is 53.2 Å². The Hall–Kier alpha value is -2.05. The zero-order chi connectivity index (χ0) is 41.8. The molecule has 0 bridgehead atoms. The van der Waals surface area contributed by atoms with Crippen LogP contribution in [0.3, 0.4) is 0 Å². The molecule has 0 aromatic rings. The molecule has 7 rings (SSSR count). The molecule has 2 aliphatic heterocycles. The van der Waals surface area contributed by atoms with Gasteiger partial charge in [-0.05, 0) is 104 Å². The monoisotopic (exact) mass is 808 g/mol. The van der Waals surface area contributed by atoms with E-state index in [1.165, 1.54) is 5.57 Å². The maximum atomic E-state index is 14.6. The first-order valence-corrected chi connectivity index (χ1v) is 20.8. The van der Waals surface area contributed by atoms with Crippen LogP contribution in [0.15, 0.2) is 11.6 Å². The van der Waals surface area contributed by atoms with E-state index in [9.17, 15) is 55.2 Å². The van der Waals surface area contributed by atoms with Gasteiger partial charge in [-0.2, -0.15) is 0 Å². The smallest absolute Gasteiger partial charge is 0.335 e. The van der Waals surface area contributed by atoms with Crippen molar-refractivity contribution in [2.75, 3.05) is 6.61 Å². The van der Waals surface area contributed by atoms with Crippen LogP contribution in [0.25, 0.3) is 0 Å². The third-order valence-electron chi connectivity index (χ3n) is 17.1. The minimum Gasteiger partial charge on any atom is -0.479 e. The highest BCUT2D eigenvalue weighted by molar-refractivity contribution is 5.79. The number of aliphatic hydroxyl groups excluding tert-OH is 7. The van der Waals surface area contributed by atoms with Crippen molar-refractivity contribution in [2.45, 2.75) is 173 Å². The number of hydrogen-bond donors (Lipinski definition) is 8. The summed E-state index contributed by atoms with van der Waals surface area (Å²) in [6.07, 6.45) is -7.39. The van der Waals surface area contributed by atoms with Crippen LogP contribution in [0, 0.1) is 50.2 Å². The number of carboxylic acids is 1. The number of hydrogen-bond acceptors (Lipinski definition) is 14. The van der Waals surface area contributed by atoms with Gasteiger partial charge in [0.15, 0.2) is 12.4 Å². The molecule has 15 nitrogen and oxygen atoms in total. The summed E-state index contributed by atoms with van der Waals surface area (Å²) >= 11 is 0. The Labute approximate surface area is 333 Å². The predicted molar refractivity (Wildman–Crippen MR) is 198 cm³/mol. The Bertz CT molecular complexity index is 1620. The molecule has 0 spiro atoms. The Balaban J connectivity index is 1.17. The molecule has 19 atom stereocenters. The summed E-state index contributed by atoms with van der Waals surface area (Å²) in [6.45, 7) is 12.6. The van der Waals surface area contributed by atoms with Crippen LogP contribution in [-0.2, 0) is 33.3 Å². The van der Waals surface area contributed by atoms with Crippen molar-refractivity contribution in [3.8, 4) is 0 Å². The van der Waals surface area contributed by atoms with Gasteiger partial charge in [0.1, 0.15) is 49.0 Å². The minimum absolute atomic E-state index is 0.0730. The molecule has 0 unspecified atom stereocenters. The third-order valence-corrected chi connectivity index (χ3v) is 17.1. The van der Waals surface area contributed by atoms with Crippen molar-refractivity contribution in [1.29, 1.82) is 0 Å². The number of carboxylic acid groups (broad SMARTS) is 1. The van der Waals surface area contributed by atoms with Crippen molar-refractivity contribution >= 4 is 18.2 Å². The zero-order valence-corrected chi connectivity index (χ0v) is 34.0. The number of aldehydes is 1. The summed E-state index contributed by atoms with van der Waals surface area (Å²) in [4.78, 5) is 39.6. The Morgan fingerprint density at radius 3 is 2.09 bits per heavy atom. The second kappa shape index (κ2) is 14.6. The molecular weight excluding hydrogens is 744 g/mol. The maximum Gasteiger partial charge on any atom is 0.335 e. The quantitative estimate of drug-likeness (QED) is 0.0788. The van der Waals surface area contributed by atoms with E-state index in [4.69, 9.17) is 18.9 Å². The first-order chi connectivity index (χ1) is 26.5. The molecule has 0 amide bonds. The number of esters is 1. The highest BCUT2D eigenvalue weighted by Crippen LogP contribution is 2.76. The number of aliphatic hydroxyl groups is 7. The number of allylic oxidation sites excluding steroid dienone is 2. The van der Waals surface area contributed by atoms with Gasteiger partial charge in [-0.3, -0.25) is 4.79 Å². The van der Waals surface area contributed by atoms with Gasteiger partial charge in [0.25, 0.3) is 0 Å². The zero-order valence-electron chi connectivity index (χ0n) is 34.0. The number of ether oxygens (including phenoxy) is 4. The molecule has 15 heteroatoms. The van der Waals surface area contributed by atoms with E-state index in [1.807, 2.05) is 6.92 Å². The summed E-state index contributed by atoms with van der Waals surface area (Å²) in [6, 6.07) is 0. The molecule has 7 aliphatic rings. The van der Waals surface area contributed by atoms with Crippen LogP contribution in [0.2, 0.25) is 0 Å². The lowest BCUT2D eigenvalue weighted by Gasteiger charge is -2.71. The summed E-state index contributed by atoms with van der Waals surface area (Å²) < 4.78 is 23.3. The molecule has 57 heavy (non-hydrogen) atoms. The predicted octanol–water partition coefficient (Wildman–Crippen LogP) is 1.59. The summed E-state index contributed by atoms with van der Waals surface area (Å²) in [5, 5.41) is 82.4. The van der Waals surface area contributed by atoms with Crippen molar-refractivity contribution in [2.24, 2.45) is 50.2 Å². The second-order valence-electron chi connectivity index (χ2n) is 20.4. The normalized spacial score (nSPS) is 53.2. The van der Waals surface area contributed by atoms with E-state index < -0.39 is 96.9 Å². The Kier molecular flexibility index (Phi) is 11.0. The molecular formula is C42H64O15. The van der Waals surface area contributed by atoms with E-state index >= 15 is 0 Å². The van der Waals surface area contributed by atoms with Crippen molar-refractivity contribution < 1.29 is 74.2 Å². The molecule has 2 saturated heterocycles. The van der Waals surface area contributed by atoms with Crippen LogP contribution in [0.4, 0.5) is 0 Å². The van der Waals surface area contributed by atoms with Crippen LogP contribution in [-0.4, -0.2) is 133 Å². The van der Waals surface area contributed by atoms with Crippen molar-refractivity contribution in [3.05, 3.63) is 11.6 Å². The highest BCUT2D eigenvalue weighted by Gasteiger charge is 2.70. The standard InChI is InChI=1S/C42H64O15/c1-37(2)13-15-42(36(53)57-34-30(49)27(46)26(45)22(18-43)54-34)16-14-40(5)20(21(42)17-37)7-8-24-38(3)11-10-25(39(4,19-44)23(38)9-12-41(24,40)6)55-35-31(50)28(47)29(48)32(56-35)33(51)52/h7,19,21-32,34-35,43,45-50H,8-18H2,1-6H3,(H,51,52)/t21-,22+,23-,24+,25-,26+,27-,28-,29-,30+,31+,32-,34-,35+,38-,39-,40+,41+,42-/m0/s1. The first-order valence-electron chi connectivity index (χ1n) is 20.8. The van der Waals surface area contributed by atoms with Crippen molar-refractivity contribution in [3.63, 3.8) is 0 Å². The summed E-state index contributed by atoms with van der Waals surface area (Å²) in [7, 11) is 0. The van der Waals surface area contributed by atoms with Crippen LogP contribution in [0.1, 0.15) is 106 Å². The fourth-order valence-electron chi connectivity index (χ4n) is 13.4. The molecule has 0 aromatic carbocycles. The molecule has 8 N–H and O–H groups in total. The Morgan fingerprint density at radius 1 is 0.789 bits per heavy atom. The van der Waals surface area contributed by atoms with Gasteiger partial charge in [0.05, 0.1) is 23.5 Å². The van der Waals surface area contributed by atoms with Gasteiger partial charge in [0.2, 0.25) is 6.29 Å². The number of rotatable bonds is 7. The number of carbonyl (C=O) groups excluding carboxylic acids is 2. The Morgan fingerprint density at radius 2 is 1.44 bits per heavy atom. The average Bonchev–Trinajstić information content (AvgIpc) is 3.16. The van der Waals surface area contributed by atoms with Gasteiger partial charge in [-0.15, -0.1) is 0 Å². The average molecular weight is 809 g/mol. The van der Waals surface area contributed by atoms with E-state index in [0.717, 1.165) is 32.0 Å². The molecule has 4 saturated carbocycles. The van der Waals surface area contributed by atoms with E-state index in [2.05, 4.69) is 40.7 Å². The molecule has 5 aliphatic carbocycles. The lowest BCUT2D eigenvalue weighted by Crippen LogP contribution is -2.67. The fraction of sp³-hybridized carbons (Fsp3) is 0.881. The topological polar surface area (TPSA) is 250 Å². The van der Waals surface area contributed by atoms with Crippen LogP contribution < -0.4 is 0 Å². The van der Waals surface area contributed by atoms with Gasteiger partial charge in [0, 0.05) is 0 Å².